The van der Waals surface area contributed by atoms with E-state index in [1.165, 1.54) is 4.90 Å². The molecule has 0 saturated heterocycles. The summed E-state index contributed by atoms with van der Waals surface area (Å²) in [5.74, 6) is -0.852. The first kappa shape index (κ1) is 34.7. The highest BCUT2D eigenvalue weighted by Crippen LogP contribution is 2.29. The molecule has 0 aromatic heterocycles. The normalized spacial score (nSPS) is 12.7. The molecule has 4 aromatic rings. The predicted octanol–water partition coefficient (Wildman–Crippen LogP) is 7.02. The fraction of sp³-hybridized carbons (Fsp3) is 0.297. The van der Waals surface area contributed by atoms with Crippen LogP contribution in [0.1, 0.15) is 48.1 Å². The Hall–Kier alpha value is -4.14. The molecule has 0 spiro atoms. The molecule has 0 radical (unpaired) electrons. The summed E-state index contributed by atoms with van der Waals surface area (Å²) >= 11 is 6.58. The second-order valence-electron chi connectivity index (χ2n) is 11.8. The molecule has 0 aliphatic rings. The third-order valence-electron chi connectivity index (χ3n) is 8.09. The summed E-state index contributed by atoms with van der Waals surface area (Å²) < 4.78 is 29.8. The molecule has 9 heteroatoms. The van der Waals surface area contributed by atoms with Crippen molar-refractivity contribution in [3.8, 4) is 0 Å². The Labute approximate surface area is 278 Å². The molecule has 0 saturated carbocycles. The lowest BCUT2D eigenvalue weighted by atomic mass is 10.0. The maximum Gasteiger partial charge on any atom is 0.264 e. The summed E-state index contributed by atoms with van der Waals surface area (Å²) in [5.41, 5.74) is 4.36. The molecule has 1 N–H and O–H groups in total. The molecule has 46 heavy (non-hydrogen) atoms. The Morgan fingerprint density at radius 3 is 2.13 bits per heavy atom. The van der Waals surface area contributed by atoms with Crippen LogP contribution >= 0.6 is 11.6 Å². The van der Waals surface area contributed by atoms with Gasteiger partial charge in [0.15, 0.2) is 0 Å². The monoisotopic (exact) mass is 659 g/mol. The largest absolute Gasteiger partial charge is 0.352 e. The first-order valence-electron chi connectivity index (χ1n) is 15.4. The number of carbonyl (C=O) groups is 2. The zero-order chi connectivity index (χ0) is 33.4. The molecule has 2 atom stereocenters. The Kier molecular flexibility index (Phi) is 11.7. The highest BCUT2D eigenvalue weighted by Gasteiger charge is 2.35. The van der Waals surface area contributed by atoms with Gasteiger partial charge >= 0.3 is 0 Å². The summed E-state index contributed by atoms with van der Waals surface area (Å²) in [6.07, 6.45) is 0.935. The maximum absolute atomic E-state index is 14.7. The van der Waals surface area contributed by atoms with E-state index < -0.39 is 28.5 Å². The first-order valence-corrected chi connectivity index (χ1v) is 17.3. The number of carbonyl (C=O) groups excluding carboxylic acids is 2. The van der Waals surface area contributed by atoms with E-state index in [9.17, 15) is 18.0 Å². The van der Waals surface area contributed by atoms with Crippen molar-refractivity contribution >= 4 is 39.1 Å². The molecule has 0 heterocycles. The van der Waals surface area contributed by atoms with Crippen molar-refractivity contribution in [1.29, 1.82) is 0 Å². The van der Waals surface area contributed by atoms with Crippen LogP contribution in [-0.4, -0.2) is 43.8 Å². The van der Waals surface area contributed by atoms with Gasteiger partial charge in [-0.1, -0.05) is 96.9 Å². The van der Waals surface area contributed by atoms with Gasteiger partial charge in [-0.05, 0) is 80.6 Å². The number of hydrogen-bond donors (Lipinski definition) is 1. The fourth-order valence-electron chi connectivity index (χ4n) is 5.14. The van der Waals surface area contributed by atoms with Crippen LogP contribution in [0.3, 0.4) is 0 Å². The van der Waals surface area contributed by atoms with E-state index in [-0.39, 0.29) is 29.8 Å². The molecule has 0 fully saturated rings. The number of benzene rings is 4. The average molecular weight is 660 g/mol. The van der Waals surface area contributed by atoms with Crippen molar-refractivity contribution in [2.24, 2.45) is 0 Å². The van der Waals surface area contributed by atoms with E-state index >= 15 is 0 Å². The van der Waals surface area contributed by atoms with Gasteiger partial charge in [0.05, 0.1) is 10.6 Å². The lowest BCUT2D eigenvalue weighted by molar-refractivity contribution is -0.140. The highest BCUT2D eigenvalue weighted by atomic mass is 35.5. The smallest absolute Gasteiger partial charge is 0.264 e. The zero-order valence-corrected chi connectivity index (χ0v) is 28.6. The number of halogens is 1. The van der Waals surface area contributed by atoms with Crippen LogP contribution in [0.5, 0.6) is 0 Å². The van der Waals surface area contributed by atoms with Crippen LogP contribution in [0.25, 0.3) is 0 Å². The number of hydrogen-bond acceptors (Lipinski definition) is 4. The van der Waals surface area contributed by atoms with E-state index in [2.05, 4.69) is 5.32 Å². The highest BCUT2D eigenvalue weighted by molar-refractivity contribution is 7.92. The topological polar surface area (TPSA) is 86.8 Å². The van der Waals surface area contributed by atoms with Crippen LogP contribution in [0.4, 0.5) is 5.69 Å². The Bertz CT molecular complexity index is 1760. The van der Waals surface area contributed by atoms with Crippen molar-refractivity contribution in [2.75, 3.05) is 10.8 Å². The molecule has 0 unspecified atom stereocenters. The lowest BCUT2D eigenvalue weighted by Crippen LogP contribution is -2.54. The van der Waals surface area contributed by atoms with Gasteiger partial charge in [0.1, 0.15) is 12.6 Å². The molecule has 0 aliphatic heterocycles. The van der Waals surface area contributed by atoms with E-state index in [0.29, 0.717) is 28.3 Å². The minimum atomic E-state index is -4.19. The van der Waals surface area contributed by atoms with Crippen LogP contribution in [0.15, 0.2) is 102 Å². The number of amides is 2. The van der Waals surface area contributed by atoms with Crippen molar-refractivity contribution in [3.63, 3.8) is 0 Å². The van der Waals surface area contributed by atoms with Crippen molar-refractivity contribution in [1.82, 2.24) is 10.2 Å². The molecule has 4 rings (SSSR count). The van der Waals surface area contributed by atoms with Crippen LogP contribution < -0.4 is 9.62 Å². The summed E-state index contributed by atoms with van der Waals surface area (Å²) in [6.45, 7) is 8.95. The maximum atomic E-state index is 14.7. The van der Waals surface area contributed by atoms with Crippen LogP contribution in [0, 0.1) is 20.8 Å². The van der Waals surface area contributed by atoms with Crippen LogP contribution in [0.2, 0.25) is 5.02 Å². The Morgan fingerprint density at radius 2 is 1.48 bits per heavy atom. The quantitative estimate of drug-likeness (QED) is 0.167. The van der Waals surface area contributed by atoms with Crippen molar-refractivity contribution in [2.45, 2.75) is 71.0 Å². The zero-order valence-electron chi connectivity index (χ0n) is 27.0. The minimum absolute atomic E-state index is 0.00908. The molecule has 0 bridgehead atoms. The second kappa shape index (κ2) is 15.4. The third-order valence-corrected chi connectivity index (χ3v) is 10.2. The predicted molar refractivity (Wildman–Crippen MR) is 185 cm³/mol. The molecule has 242 valence electrons. The molecule has 0 aliphatic carbocycles. The van der Waals surface area contributed by atoms with Gasteiger partial charge in [-0.3, -0.25) is 13.9 Å². The SMILES string of the molecule is CC[C@H](C)NC(=O)[C@@H](Cc1ccccc1)N(Cc1ccccc1Cl)C(=O)CN(c1cc(C)ccc1C)S(=O)(=O)c1ccc(C)cc1. The third kappa shape index (κ3) is 8.56. The van der Waals surface area contributed by atoms with Gasteiger partial charge in [0, 0.05) is 24.0 Å². The number of aryl methyl sites for hydroxylation is 3. The fourth-order valence-corrected chi connectivity index (χ4v) is 6.81. The van der Waals surface area contributed by atoms with Crippen LogP contribution in [-0.2, 0) is 32.6 Å². The Balaban J connectivity index is 1.85. The van der Waals surface area contributed by atoms with E-state index in [0.717, 1.165) is 21.0 Å². The van der Waals surface area contributed by atoms with Crippen molar-refractivity contribution in [3.05, 3.63) is 130 Å². The summed E-state index contributed by atoms with van der Waals surface area (Å²) in [5, 5.41) is 3.50. The number of anilines is 1. The summed E-state index contributed by atoms with van der Waals surface area (Å²) in [6, 6.07) is 27.6. The molecular weight excluding hydrogens is 618 g/mol. The number of sulfonamides is 1. The van der Waals surface area contributed by atoms with Gasteiger partial charge in [-0.25, -0.2) is 8.42 Å². The standard InChI is InChI=1S/C37H42ClN3O4S/c1-6-29(5)39-37(43)35(23-30-12-8-7-9-13-30)40(24-31-14-10-11-15-33(31)38)36(42)25-41(34-22-27(3)16-19-28(34)4)46(44,45)32-20-17-26(2)18-21-32/h7-22,29,35H,6,23-25H2,1-5H3,(H,39,43)/t29-,35+/m0/s1. The van der Waals surface area contributed by atoms with E-state index in [1.807, 2.05) is 83.1 Å². The van der Waals surface area contributed by atoms with E-state index in [1.54, 1.807) is 48.5 Å². The lowest BCUT2D eigenvalue weighted by Gasteiger charge is -2.35. The minimum Gasteiger partial charge on any atom is -0.352 e. The number of nitrogens with zero attached hydrogens (tertiary/aromatic N) is 2. The molecular formula is C37H42ClN3O4S. The van der Waals surface area contributed by atoms with Gasteiger partial charge in [-0.2, -0.15) is 0 Å². The molecule has 4 aromatic carbocycles. The molecule has 2 amide bonds. The molecule has 7 nitrogen and oxygen atoms in total. The number of rotatable bonds is 13. The van der Waals surface area contributed by atoms with Gasteiger partial charge in [0.2, 0.25) is 11.8 Å². The number of nitrogens with one attached hydrogen (secondary N) is 1. The Morgan fingerprint density at radius 1 is 0.848 bits per heavy atom. The summed E-state index contributed by atoms with van der Waals surface area (Å²) in [7, 11) is -4.19. The second-order valence-corrected chi connectivity index (χ2v) is 14.0. The van der Waals surface area contributed by atoms with Gasteiger partial charge < -0.3 is 10.2 Å². The summed E-state index contributed by atoms with van der Waals surface area (Å²) in [4.78, 5) is 30.2. The van der Waals surface area contributed by atoms with Gasteiger partial charge in [-0.15, -0.1) is 0 Å². The first-order chi connectivity index (χ1) is 21.9. The van der Waals surface area contributed by atoms with E-state index in [4.69, 9.17) is 11.6 Å². The average Bonchev–Trinajstić information content (AvgIpc) is 3.04. The van der Waals surface area contributed by atoms with Crippen molar-refractivity contribution < 1.29 is 18.0 Å². The van der Waals surface area contributed by atoms with Gasteiger partial charge in [0.25, 0.3) is 10.0 Å².